The summed E-state index contributed by atoms with van der Waals surface area (Å²) in [7, 11) is 0. The summed E-state index contributed by atoms with van der Waals surface area (Å²) in [5.41, 5.74) is 0.320. The smallest absolute Gasteiger partial charge is 0.185 e. The third kappa shape index (κ3) is 5.94. The maximum absolute atomic E-state index is 10.8. The Morgan fingerprint density at radius 3 is 2.25 bits per heavy atom. The van der Waals surface area contributed by atoms with Crippen LogP contribution in [-0.4, -0.2) is 32.8 Å². The first-order valence-corrected chi connectivity index (χ1v) is 7.46. The van der Waals surface area contributed by atoms with Crippen LogP contribution in [0.2, 0.25) is 0 Å². The summed E-state index contributed by atoms with van der Waals surface area (Å²) >= 11 is 1.000. The standard InChI is InChI=1S/C15H22O4S/c1-10(16)20-9-13(17)14(18)11-5-7-12(8-6-11)19-15(2,3)4/h5-8,13-14,17-18H,9H2,1-4H3. The summed E-state index contributed by atoms with van der Waals surface area (Å²) in [5, 5.41) is 19.8. The molecule has 0 amide bonds. The fourth-order valence-electron chi connectivity index (χ4n) is 1.60. The van der Waals surface area contributed by atoms with E-state index < -0.39 is 12.2 Å². The Bertz CT molecular complexity index is 436. The molecule has 0 aliphatic carbocycles. The highest BCUT2D eigenvalue weighted by Crippen LogP contribution is 2.24. The molecular weight excluding hydrogens is 276 g/mol. The number of ether oxygens (including phenoxy) is 1. The van der Waals surface area contributed by atoms with Crippen molar-refractivity contribution < 1.29 is 19.7 Å². The topological polar surface area (TPSA) is 66.8 Å². The van der Waals surface area contributed by atoms with Gasteiger partial charge in [-0.25, -0.2) is 0 Å². The van der Waals surface area contributed by atoms with Gasteiger partial charge in [0.05, 0.1) is 6.10 Å². The summed E-state index contributed by atoms with van der Waals surface area (Å²) in [6.45, 7) is 7.30. The molecule has 4 nitrogen and oxygen atoms in total. The Kier molecular flexibility index (Phi) is 6.05. The molecule has 1 aromatic carbocycles. The van der Waals surface area contributed by atoms with Gasteiger partial charge in [0.1, 0.15) is 17.5 Å². The number of aliphatic hydroxyl groups is 2. The Morgan fingerprint density at radius 1 is 1.25 bits per heavy atom. The average molecular weight is 298 g/mol. The summed E-state index contributed by atoms with van der Waals surface area (Å²) in [4.78, 5) is 10.8. The van der Waals surface area contributed by atoms with Crippen molar-refractivity contribution in [1.82, 2.24) is 0 Å². The molecule has 5 heteroatoms. The van der Waals surface area contributed by atoms with E-state index in [9.17, 15) is 15.0 Å². The summed E-state index contributed by atoms with van der Waals surface area (Å²) in [6.07, 6.45) is -1.98. The van der Waals surface area contributed by atoms with Gasteiger partial charge in [0.15, 0.2) is 5.12 Å². The molecule has 0 spiro atoms. The summed E-state index contributed by atoms with van der Waals surface area (Å²) in [5.74, 6) is 0.887. The molecule has 0 bridgehead atoms. The molecule has 0 radical (unpaired) electrons. The van der Waals surface area contributed by atoms with Crippen molar-refractivity contribution in [1.29, 1.82) is 0 Å². The van der Waals surface area contributed by atoms with E-state index in [2.05, 4.69) is 0 Å². The number of aliphatic hydroxyl groups excluding tert-OH is 2. The van der Waals surface area contributed by atoms with Crippen LogP contribution in [0.3, 0.4) is 0 Å². The van der Waals surface area contributed by atoms with E-state index in [-0.39, 0.29) is 16.5 Å². The van der Waals surface area contributed by atoms with Gasteiger partial charge in [-0.1, -0.05) is 23.9 Å². The molecule has 0 aliphatic rings. The Labute approximate surface area is 124 Å². The predicted octanol–water partition coefficient (Wildman–Crippen LogP) is 2.54. The highest BCUT2D eigenvalue weighted by molar-refractivity contribution is 8.13. The predicted molar refractivity (Wildman–Crippen MR) is 80.9 cm³/mol. The molecule has 2 N–H and O–H groups in total. The summed E-state index contributed by atoms with van der Waals surface area (Å²) < 4.78 is 5.68. The van der Waals surface area contributed by atoms with Crippen LogP contribution >= 0.6 is 11.8 Å². The molecule has 1 aromatic rings. The zero-order chi connectivity index (χ0) is 15.3. The fourth-order valence-corrected chi connectivity index (χ4v) is 2.19. The van der Waals surface area contributed by atoms with Gasteiger partial charge >= 0.3 is 0 Å². The van der Waals surface area contributed by atoms with Crippen LogP contribution in [-0.2, 0) is 4.79 Å². The molecule has 2 atom stereocenters. The van der Waals surface area contributed by atoms with Crippen molar-refractivity contribution in [2.75, 3.05) is 5.75 Å². The van der Waals surface area contributed by atoms with Gasteiger partial charge in [-0.3, -0.25) is 4.79 Å². The minimum Gasteiger partial charge on any atom is -0.488 e. The SMILES string of the molecule is CC(=O)SCC(O)C(O)c1ccc(OC(C)(C)C)cc1. The second-order valence-corrected chi connectivity index (χ2v) is 6.80. The zero-order valence-electron chi connectivity index (χ0n) is 12.3. The van der Waals surface area contributed by atoms with Gasteiger partial charge in [-0.15, -0.1) is 0 Å². The molecule has 1 rings (SSSR count). The van der Waals surface area contributed by atoms with Crippen LogP contribution in [0.15, 0.2) is 24.3 Å². The Hall–Kier alpha value is -1.04. The third-order valence-corrected chi connectivity index (χ3v) is 3.38. The highest BCUT2D eigenvalue weighted by atomic mass is 32.2. The Balaban J connectivity index is 2.65. The van der Waals surface area contributed by atoms with Crippen LogP contribution in [0.5, 0.6) is 5.75 Å². The van der Waals surface area contributed by atoms with E-state index in [4.69, 9.17) is 4.74 Å². The molecule has 0 heterocycles. The number of carbonyl (C=O) groups excluding carboxylic acids is 1. The summed E-state index contributed by atoms with van der Waals surface area (Å²) in [6, 6.07) is 6.95. The molecule has 112 valence electrons. The number of hydrogen-bond donors (Lipinski definition) is 2. The molecule has 0 aliphatic heterocycles. The second kappa shape index (κ2) is 7.11. The third-order valence-electron chi connectivity index (χ3n) is 2.47. The van der Waals surface area contributed by atoms with Crippen LogP contribution in [0.25, 0.3) is 0 Å². The largest absolute Gasteiger partial charge is 0.488 e. The van der Waals surface area contributed by atoms with E-state index in [1.54, 1.807) is 24.3 Å². The van der Waals surface area contributed by atoms with Crippen LogP contribution < -0.4 is 4.74 Å². The lowest BCUT2D eigenvalue weighted by Crippen LogP contribution is -2.23. The quantitative estimate of drug-likeness (QED) is 0.874. The minimum absolute atomic E-state index is 0.0785. The average Bonchev–Trinajstić information content (AvgIpc) is 2.34. The Morgan fingerprint density at radius 2 is 1.80 bits per heavy atom. The lowest BCUT2D eigenvalue weighted by Gasteiger charge is -2.22. The van der Waals surface area contributed by atoms with Gasteiger partial charge in [-0.05, 0) is 38.5 Å². The van der Waals surface area contributed by atoms with Crippen LogP contribution in [0.4, 0.5) is 0 Å². The number of benzene rings is 1. The van der Waals surface area contributed by atoms with E-state index in [0.29, 0.717) is 11.3 Å². The molecule has 2 unspecified atom stereocenters. The molecule has 0 aromatic heterocycles. The molecule has 0 saturated heterocycles. The molecule has 20 heavy (non-hydrogen) atoms. The van der Waals surface area contributed by atoms with Crippen molar-refractivity contribution in [2.24, 2.45) is 0 Å². The molecule has 0 saturated carbocycles. The fraction of sp³-hybridized carbons (Fsp3) is 0.533. The van der Waals surface area contributed by atoms with Gasteiger partial charge < -0.3 is 14.9 Å². The van der Waals surface area contributed by atoms with E-state index >= 15 is 0 Å². The van der Waals surface area contributed by atoms with Gasteiger partial charge in [0.25, 0.3) is 0 Å². The monoisotopic (exact) mass is 298 g/mol. The minimum atomic E-state index is -1.01. The maximum Gasteiger partial charge on any atom is 0.185 e. The number of carbonyl (C=O) groups is 1. The molecular formula is C15H22O4S. The zero-order valence-corrected chi connectivity index (χ0v) is 13.1. The van der Waals surface area contributed by atoms with Crippen molar-refractivity contribution in [3.05, 3.63) is 29.8 Å². The van der Waals surface area contributed by atoms with Crippen molar-refractivity contribution >= 4 is 16.9 Å². The number of rotatable bonds is 5. The van der Waals surface area contributed by atoms with E-state index in [0.717, 1.165) is 11.8 Å². The van der Waals surface area contributed by atoms with E-state index in [1.165, 1.54) is 6.92 Å². The lowest BCUT2D eigenvalue weighted by atomic mass is 10.1. The van der Waals surface area contributed by atoms with Crippen LogP contribution in [0, 0.1) is 0 Å². The lowest BCUT2D eigenvalue weighted by molar-refractivity contribution is -0.109. The van der Waals surface area contributed by atoms with Gasteiger partial charge in [0.2, 0.25) is 0 Å². The van der Waals surface area contributed by atoms with E-state index in [1.807, 2.05) is 20.8 Å². The van der Waals surface area contributed by atoms with Crippen LogP contribution in [0.1, 0.15) is 39.4 Å². The van der Waals surface area contributed by atoms with Crippen molar-refractivity contribution in [3.63, 3.8) is 0 Å². The van der Waals surface area contributed by atoms with Crippen molar-refractivity contribution in [3.8, 4) is 5.75 Å². The normalized spacial score (nSPS) is 14.7. The van der Waals surface area contributed by atoms with Gasteiger partial charge in [-0.2, -0.15) is 0 Å². The first-order chi connectivity index (χ1) is 9.19. The highest BCUT2D eigenvalue weighted by Gasteiger charge is 2.19. The number of hydrogen-bond acceptors (Lipinski definition) is 5. The van der Waals surface area contributed by atoms with Crippen molar-refractivity contribution in [2.45, 2.75) is 45.5 Å². The first-order valence-electron chi connectivity index (χ1n) is 6.47. The van der Waals surface area contributed by atoms with Gasteiger partial charge in [0, 0.05) is 12.7 Å². The second-order valence-electron chi connectivity index (χ2n) is 5.60. The maximum atomic E-state index is 10.8. The number of thioether (sulfide) groups is 1. The molecule has 0 fully saturated rings. The first kappa shape index (κ1) is 17.0.